The SMILES string of the molecule is O=C(O)C1c2ccccc2CCN1C(=O)c1cnn2ccccc12. The van der Waals surface area contributed by atoms with Gasteiger partial charge in [-0.2, -0.15) is 5.10 Å². The van der Waals surface area contributed by atoms with E-state index in [2.05, 4.69) is 5.10 Å². The number of carboxylic acid groups (broad SMARTS) is 1. The molecule has 1 atom stereocenters. The second-order valence-corrected chi connectivity index (χ2v) is 5.78. The highest BCUT2D eigenvalue weighted by molar-refractivity contribution is 6.02. The number of amides is 1. The molecule has 0 saturated heterocycles. The zero-order chi connectivity index (χ0) is 16.7. The normalized spacial score (nSPS) is 16.8. The molecule has 1 aromatic carbocycles. The summed E-state index contributed by atoms with van der Waals surface area (Å²) in [6, 6.07) is 11.9. The fourth-order valence-electron chi connectivity index (χ4n) is 3.31. The summed E-state index contributed by atoms with van der Waals surface area (Å²) in [5, 5.41) is 13.9. The summed E-state index contributed by atoms with van der Waals surface area (Å²) in [5.74, 6) is -1.33. The topological polar surface area (TPSA) is 74.9 Å². The van der Waals surface area contributed by atoms with Gasteiger partial charge in [-0.05, 0) is 29.7 Å². The van der Waals surface area contributed by atoms with E-state index in [9.17, 15) is 14.7 Å². The number of rotatable bonds is 2. The number of benzene rings is 1. The van der Waals surface area contributed by atoms with Crippen molar-refractivity contribution >= 4 is 17.4 Å². The molecule has 1 aliphatic rings. The molecule has 1 N–H and O–H groups in total. The number of carboxylic acids is 1. The first-order valence-corrected chi connectivity index (χ1v) is 7.71. The molecule has 1 aliphatic heterocycles. The number of nitrogens with zero attached hydrogens (tertiary/aromatic N) is 3. The maximum Gasteiger partial charge on any atom is 0.331 e. The predicted molar refractivity (Wildman–Crippen MR) is 86.8 cm³/mol. The second kappa shape index (κ2) is 5.49. The van der Waals surface area contributed by atoms with Gasteiger partial charge in [-0.1, -0.05) is 30.3 Å². The molecule has 1 amide bonds. The Morgan fingerprint density at radius 1 is 1.12 bits per heavy atom. The molecule has 120 valence electrons. The average molecular weight is 321 g/mol. The Labute approximate surface area is 137 Å². The molecule has 0 aliphatic carbocycles. The van der Waals surface area contributed by atoms with Gasteiger partial charge in [0.05, 0.1) is 17.3 Å². The minimum absolute atomic E-state index is 0.307. The summed E-state index contributed by atoms with van der Waals surface area (Å²) in [5.41, 5.74) is 2.75. The van der Waals surface area contributed by atoms with Crippen molar-refractivity contribution in [1.82, 2.24) is 14.5 Å². The standard InChI is InChI=1S/C18H15N3O3/c22-17(14-11-19-21-9-4-3-7-15(14)21)20-10-8-12-5-1-2-6-13(12)16(20)18(23)24/h1-7,9,11,16H,8,10H2,(H,23,24). The van der Waals surface area contributed by atoms with Crippen LogP contribution in [0, 0.1) is 0 Å². The highest BCUT2D eigenvalue weighted by Crippen LogP contribution is 2.31. The van der Waals surface area contributed by atoms with Gasteiger partial charge in [0.1, 0.15) is 0 Å². The van der Waals surface area contributed by atoms with Crippen LogP contribution < -0.4 is 0 Å². The summed E-state index contributed by atoms with van der Waals surface area (Å²) in [4.78, 5) is 26.3. The van der Waals surface area contributed by atoms with Crippen LogP contribution in [-0.4, -0.2) is 38.0 Å². The number of carbonyl (C=O) groups is 2. The number of aromatic nitrogens is 2. The van der Waals surface area contributed by atoms with E-state index in [0.717, 1.165) is 5.56 Å². The molecule has 6 nitrogen and oxygen atoms in total. The van der Waals surface area contributed by atoms with Crippen LogP contribution in [0.25, 0.3) is 5.52 Å². The van der Waals surface area contributed by atoms with Crippen molar-refractivity contribution in [3.63, 3.8) is 0 Å². The zero-order valence-electron chi connectivity index (χ0n) is 12.8. The van der Waals surface area contributed by atoms with Gasteiger partial charge < -0.3 is 10.0 Å². The molecular formula is C18H15N3O3. The van der Waals surface area contributed by atoms with Crippen molar-refractivity contribution in [3.05, 3.63) is 71.5 Å². The number of hydrogen-bond donors (Lipinski definition) is 1. The van der Waals surface area contributed by atoms with E-state index in [1.807, 2.05) is 24.3 Å². The lowest BCUT2D eigenvalue weighted by Gasteiger charge is -2.34. The van der Waals surface area contributed by atoms with Gasteiger partial charge in [0.2, 0.25) is 0 Å². The molecule has 24 heavy (non-hydrogen) atoms. The number of carbonyl (C=O) groups excluding carboxylic acids is 1. The van der Waals surface area contributed by atoms with Gasteiger partial charge in [0.25, 0.3) is 5.91 Å². The van der Waals surface area contributed by atoms with Crippen molar-refractivity contribution < 1.29 is 14.7 Å². The summed E-state index contributed by atoms with van der Waals surface area (Å²) in [6.07, 6.45) is 3.90. The fourth-order valence-corrected chi connectivity index (χ4v) is 3.31. The summed E-state index contributed by atoms with van der Waals surface area (Å²) in [7, 11) is 0. The van der Waals surface area contributed by atoms with Crippen LogP contribution in [0.4, 0.5) is 0 Å². The van der Waals surface area contributed by atoms with Gasteiger partial charge in [-0.3, -0.25) is 4.79 Å². The van der Waals surface area contributed by atoms with E-state index in [1.165, 1.54) is 11.1 Å². The monoisotopic (exact) mass is 321 g/mol. The lowest BCUT2D eigenvalue weighted by Crippen LogP contribution is -2.43. The third-order valence-corrected chi connectivity index (χ3v) is 4.44. The van der Waals surface area contributed by atoms with Crippen LogP contribution in [0.1, 0.15) is 27.5 Å². The van der Waals surface area contributed by atoms with Crippen molar-refractivity contribution in [3.8, 4) is 0 Å². The van der Waals surface area contributed by atoms with E-state index in [0.29, 0.717) is 29.6 Å². The molecular weight excluding hydrogens is 306 g/mol. The largest absolute Gasteiger partial charge is 0.479 e. The van der Waals surface area contributed by atoms with Crippen LogP contribution in [0.5, 0.6) is 0 Å². The molecule has 0 spiro atoms. The molecule has 4 rings (SSSR count). The molecule has 0 saturated carbocycles. The summed E-state index contributed by atoms with van der Waals surface area (Å²) >= 11 is 0. The van der Waals surface area contributed by atoms with Gasteiger partial charge in [-0.15, -0.1) is 0 Å². The summed E-state index contributed by atoms with van der Waals surface area (Å²) in [6.45, 7) is 0.372. The lowest BCUT2D eigenvalue weighted by molar-refractivity contribution is -0.143. The van der Waals surface area contributed by atoms with Gasteiger partial charge in [0.15, 0.2) is 6.04 Å². The lowest BCUT2D eigenvalue weighted by atomic mass is 9.92. The average Bonchev–Trinajstić information content (AvgIpc) is 3.04. The van der Waals surface area contributed by atoms with Gasteiger partial charge in [0, 0.05) is 12.7 Å². The Bertz CT molecular complexity index is 947. The highest BCUT2D eigenvalue weighted by atomic mass is 16.4. The van der Waals surface area contributed by atoms with E-state index in [1.54, 1.807) is 28.9 Å². The minimum Gasteiger partial charge on any atom is -0.479 e. The number of hydrogen-bond acceptors (Lipinski definition) is 3. The Hall–Kier alpha value is -3.15. The first-order chi connectivity index (χ1) is 11.7. The van der Waals surface area contributed by atoms with Crippen LogP contribution in [0.3, 0.4) is 0 Å². The number of pyridine rings is 1. The van der Waals surface area contributed by atoms with E-state index in [-0.39, 0.29) is 5.91 Å². The molecule has 3 aromatic rings. The fraction of sp³-hybridized carbons (Fsp3) is 0.167. The second-order valence-electron chi connectivity index (χ2n) is 5.78. The maximum atomic E-state index is 13.0. The highest BCUT2D eigenvalue weighted by Gasteiger charge is 2.36. The van der Waals surface area contributed by atoms with Gasteiger partial charge in [-0.25, -0.2) is 9.31 Å². The Balaban J connectivity index is 1.78. The quantitative estimate of drug-likeness (QED) is 0.785. The first kappa shape index (κ1) is 14.4. The zero-order valence-corrected chi connectivity index (χ0v) is 12.8. The first-order valence-electron chi connectivity index (χ1n) is 7.71. The molecule has 0 bridgehead atoms. The molecule has 3 heterocycles. The molecule has 6 heteroatoms. The van der Waals surface area contributed by atoms with Crippen LogP contribution in [-0.2, 0) is 11.2 Å². The Kier molecular flexibility index (Phi) is 3.30. The molecule has 1 unspecified atom stereocenters. The van der Waals surface area contributed by atoms with Crippen LogP contribution in [0.15, 0.2) is 54.9 Å². The molecule has 2 aromatic heterocycles. The third-order valence-electron chi connectivity index (χ3n) is 4.44. The van der Waals surface area contributed by atoms with E-state index >= 15 is 0 Å². The summed E-state index contributed by atoms with van der Waals surface area (Å²) < 4.78 is 1.61. The predicted octanol–water partition coefficient (Wildman–Crippen LogP) is 2.16. The minimum atomic E-state index is -1.02. The smallest absolute Gasteiger partial charge is 0.331 e. The Morgan fingerprint density at radius 2 is 1.92 bits per heavy atom. The third kappa shape index (κ3) is 2.15. The van der Waals surface area contributed by atoms with E-state index < -0.39 is 12.0 Å². The van der Waals surface area contributed by atoms with Crippen molar-refractivity contribution in [2.75, 3.05) is 6.54 Å². The van der Waals surface area contributed by atoms with Crippen molar-refractivity contribution in [2.24, 2.45) is 0 Å². The van der Waals surface area contributed by atoms with Crippen molar-refractivity contribution in [1.29, 1.82) is 0 Å². The maximum absolute atomic E-state index is 13.0. The number of aliphatic carboxylic acids is 1. The Morgan fingerprint density at radius 3 is 2.75 bits per heavy atom. The number of fused-ring (bicyclic) bond motifs is 2. The molecule has 0 radical (unpaired) electrons. The van der Waals surface area contributed by atoms with Gasteiger partial charge >= 0.3 is 5.97 Å². The van der Waals surface area contributed by atoms with Crippen LogP contribution >= 0.6 is 0 Å². The van der Waals surface area contributed by atoms with Crippen LogP contribution in [0.2, 0.25) is 0 Å². The van der Waals surface area contributed by atoms with E-state index in [4.69, 9.17) is 0 Å². The van der Waals surface area contributed by atoms with Crippen molar-refractivity contribution in [2.45, 2.75) is 12.5 Å². The molecule has 0 fully saturated rings.